The standard InChI is InChI=1S/C32H40N4O5/c1-3-36-29(39)35(17-22-7-10-25(41-33)11-8-22)28(38)31(36)12-13-32(40)27-23(18-34(27)16-21-5-6-21)15-30(32,19-31)26-14-24(37)9-4-20(26)2/h4,7-11,14,21,23,27,37,40H,3,5-6,12-13,15-19,33H2,1-2H3/t23?,27-,30-,31+,32-/m1/s1. The highest BCUT2D eigenvalue weighted by atomic mass is 16.6. The highest BCUT2D eigenvalue weighted by Gasteiger charge is 2.75. The van der Waals surface area contributed by atoms with E-state index in [9.17, 15) is 19.8 Å². The summed E-state index contributed by atoms with van der Waals surface area (Å²) in [6.07, 6.45) is 4.44. The van der Waals surface area contributed by atoms with E-state index < -0.39 is 16.6 Å². The maximum atomic E-state index is 14.5. The number of rotatable bonds is 7. The summed E-state index contributed by atoms with van der Waals surface area (Å²) in [5.41, 5.74) is -0.161. The van der Waals surface area contributed by atoms with Gasteiger partial charge in [0.25, 0.3) is 5.91 Å². The molecular weight excluding hydrogens is 520 g/mol. The van der Waals surface area contributed by atoms with Crippen molar-refractivity contribution < 1.29 is 24.6 Å². The Hall–Kier alpha value is -3.14. The Balaban J connectivity index is 1.29. The number of carbonyl (C=O) groups excluding carboxylic acids is 2. The lowest BCUT2D eigenvalue weighted by molar-refractivity contribution is -0.158. The van der Waals surface area contributed by atoms with Gasteiger partial charge in [0.1, 0.15) is 17.0 Å². The second-order valence-electron chi connectivity index (χ2n) is 13.2. The molecule has 1 unspecified atom stereocenters. The molecule has 2 heterocycles. The molecule has 9 nitrogen and oxygen atoms in total. The van der Waals surface area contributed by atoms with Crippen LogP contribution in [0.15, 0.2) is 42.5 Å². The van der Waals surface area contributed by atoms with Gasteiger partial charge in [-0.15, -0.1) is 0 Å². The SMILES string of the molecule is CCN1C(=O)N(Cc2ccc(ON)cc2)C(=O)[C@@]12CC[C@@]1(O)[C@H]3C(CN3CC3CC3)C[C@]1(c1cc(O)ccc1C)C2. The van der Waals surface area contributed by atoms with Crippen molar-refractivity contribution in [1.82, 2.24) is 14.7 Å². The average Bonchev–Trinajstić information content (AvgIpc) is 3.72. The summed E-state index contributed by atoms with van der Waals surface area (Å²) in [5, 5.41) is 23.5. The van der Waals surface area contributed by atoms with Crippen LogP contribution in [0.2, 0.25) is 0 Å². The van der Waals surface area contributed by atoms with Crippen LogP contribution in [0.1, 0.15) is 62.1 Å². The number of hydrogen-bond acceptors (Lipinski definition) is 7. The lowest BCUT2D eigenvalue weighted by Crippen LogP contribution is -2.70. The van der Waals surface area contributed by atoms with Crippen molar-refractivity contribution in [1.29, 1.82) is 0 Å². The predicted molar refractivity (Wildman–Crippen MR) is 152 cm³/mol. The molecule has 3 saturated carbocycles. The molecule has 2 aromatic carbocycles. The van der Waals surface area contributed by atoms with Crippen molar-refractivity contribution in [2.45, 2.75) is 81.5 Å². The molecule has 0 aromatic heterocycles. The number of urea groups is 1. The minimum Gasteiger partial charge on any atom is -0.508 e. The van der Waals surface area contributed by atoms with E-state index in [2.05, 4.69) is 4.90 Å². The minimum atomic E-state index is -1.05. The number of nitrogens with two attached hydrogens (primary N) is 1. The molecule has 218 valence electrons. The first-order valence-corrected chi connectivity index (χ1v) is 15.0. The van der Waals surface area contributed by atoms with Gasteiger partial charge in [0, 0.05) is 31.1 Å². The molecular formula is C32H40N4O5. The van der Waals surface area contributed by atoms with Gasteiger partial charge in [-0.2, -0.15) is 5.90 Å². The van der Waals surface area contributed by atoms with Crippen molar-refractivity contribution in [2.75, 3.05) is 19.6 Å². The number of benzene rings is 2. The normalized spacial score (nSPS) is 34.6. The second kappa shape index (κ2) is 9.18. The van der Waals surface area contributed by atoms with E-state index in [1.54, 1.807) is 29.2 Å². The monoisotopic (exact) mass is 560 g/mol. The van der Waals surface area contributed by atoms with Gasteiger partial charge in [-0.25, -0.2) is 4.79 Å². The van der Waals surface area contributed by atoms with E-state index in [0.717, 1.165) is 42.1 Å². The molecule has 7 rings (SSSR count). The summed E-state index contributed by atoms with van der Waals surface area (Å²) in [6, 6.07) is 12.2. The summed E-state index contributed by atoms with van der Waals surface area (Å²) < 4.78 is 0. The number of aromatic hydroxyl groups is 1. The van der Waals surface area contributed by atoms with E-state index in [0.29, 0.717) is 37.5 Å². The molecule has 0 bridgehead atoms. The van der Waals surface area contributed by atoms with Crippen LogP contribution >= 0.6 is 0 Å². The molecule has 5 fully saturated rings. The number of fused-ring (bicyclic) bond motifs is 3. The van der Waals surface area contributed by atoms with Crippen LogP contribution in [0.25, 0.3) is 0 Å². The number of carbonyl (C=O) groups is 2. The van der Waals surface area contributed by atoms with Crippen molar-refractivity contribution in [3.8, 4) is 11.5 Å². The number of likely N-dealkylation sites (N-methyl/N-ethyl adjacent to an activating group) is 1. The van der Waals surface area contributed by atoms with E-state index in [1.165, 1.54) is 17.7 Å². The van der Waals surface area contributed by atoms with E-state index >= 15 is 0 Å². The smallest absolute Gasteiger partial charge is 0.327 e. The molecule has 2 saturated heterocycles. The summed E-state index contributed by atoms with van der Waals surface area (Å²) in [6.45, 7) is 6.47. The summed E-state index contributed by atoms with van der Waals surface area (Å²) in [7, 11) is 0. The van der Waals surface area contributed by atoms with Gasteiger partial charge in [0.05, 0.1) is 12.1 Å². The van der Waals surface area contributed by atoms with Crippen LogP contribution in [0.3, 0.4) is 0 Å². The molecule has 5 aliphatic rings. The third-order valence-electron chi connectivity index (χ3n) is 11.0. The highest BCUT2D eigenvalue weighted by molar-refractivity contribution is 6.07. The summed E-state index contributed by atoms with van der Waals surface area (Å²) in [4.78, 5) is 38.7. The summed E-state index contributed by atoms with van der Waals surface area (Å²) in [5.74, 6) is 6.76. The molecule has 2 aromatic rings. The number of phenolic OH excluding ortho intramolecular Hbond substituents is 1. The third-order valence-corrected chi connectivity index (χ3v) is 11.0. The Morgan fingerprint density at radius 3 is 2.54 bits per heavy atom. The maximum Gasteiger partial charge on any atom is 0.327 e. The Morgan fingerprint density at radius 1 is 1.10 bits per heavy atom. The maximum absolute atomic E-state index is 14.5. The van der Waals surface area contributed by atoms with E-state index in [-0.39, 0.29) is 30.3 Å². The lowest BCUT2D eigenvalue weighted by Gasteiger charge is -2.58. The molecule has 41 heavy (non-hydrogen) atoms. The number of hydrogen-bond donors (Lipinski definition) is 3. The van der Waals surface area contributed by atoms with Gasteiger partial charge in [0.15, 0.2) is 0 Å². The molecule has 3 aliphatic carbocycles. The van der Waals surface area contributed by atoms with Gasteiger partial charge in [-0.1, -0.05) is 18.2 Å². The molecule has 9 heteroatoms. The number of amides is 3. The molecule has 3 amide bonds. The van der Waals surface area contributed by atoms with Crippen LogP contribution in [0.5, 0.6) is 11.5 Å². The zero-order chi connectivity index (χ0) is 28.7. The number of imide groups is 1. The Morgan fingerprint density at radius 2 is 1.85 bits per heavy atom. The van der Waals surface area contributed by atoms with Crippen molar-refractivity contribution in [2.24, 2.45) is 17.7 Å². The first-order valence-electron chi connectivity index (χ1n) is 15.0. The number of phenols is 1. The topological polar surface area (TPSA) is 120 Å². The van der Waals surface area contributed by atoms with E-state index in [4.69, 9.17) is 10.7 Å². The Labute approximate surface area is 240 Å². The van der Waals surface area contributed by atoms with Gasteiger partial charge in [0.2, 0.25) is 0 Å². The zero-order valence-electron chi connectivity index (χ0n) is 23.9. The fourth-order valence-corrected chi connectivity index (χ4v) is 9.06. The Kier molecular flexibility index (Phi) is 5.99. The fourth-order valence-electron chi connectivity index (χ4n) is 9.06. The summed E-state index contributed by atoms with van der Waals surface area (Å²) >= 11 is 0. The largest absolute Gasteiger partial charge is 0.508 e. The van der Waals surface area contributed by atoms with Gasteiger partial charge >= 0.3 is 6.03 Å². The van der Waals surface area contributed by atoms with Crippen LogP contribution in [-0.4, -0.2) is 73.7 Å². The first-order chi connectivity index (χ1) is 19.7. The zero-order valence-corrected chi connectivity index (χ0v) is 23.9. The molecule has 4 N–H and O–H groups in total. The molecule has 1 spiro atoms. The molecule has 5 atom stereocenters. The number of aryl methyl sites for hydroxylation is 1. The quantitative estimate of drug-likeness (QED) is 0.351. The number of aliphatic hydroxyl groups is 1. The van der Waals surface area contributed by atoms with Crippen molar-refractivity contribution in [3.05, 3.63) is 59.2 Å². The van der Waals surface area contributed by atoms with Crippen LogP contribution in [-0.2, 0) is 16.8 Å². The van der Waals surface area contributed by atoms with Crippen molar-refractivity contribution >= 4 is 11.9 Å². The van der Waals surface area contributed by atoms with Crippen LogP contribution in [0.4, 0.5) is 4.79 Å². The van der Waals surface area contributed by atoms with Crippen molar-refractivity contribution in [3.63, 3.8) is 0 Å². The number of likely N-dealkylation sites (tertiary alicyclic amines) is 1. The lowest BCUT2D eigenvalue weighted by atomic mass is 9.54. The fraction of sp³-hybridized carbons (Fsp3) is 0.562. The van der Waals surface area contributed by atoms with Gasteiger partial charge in [-0.05, 0) is 105 Å². The van der Waals surface area contributed by atoms with Crippen LogP contribution in [0, 0.1) is 18.8 Å². The average molecular weight is 561 g/mol. The van der Waals surface area contributed by atoms with Gasteiger partial charge in [-0.3, -0.25) is 14.6 Å². The highest BCUT2D eigenvalue weighted by Crippen LogP contribution is 2.66. The second-order valence-corrected chi connectivity index (χ2v) is 13.2. The first kappa shape index (κ1) is 26.7. The molecule has 0 radical (unpaired) electrons. The van der Waals surface area contributed by atoms with Gasteiger partial charge < -0.3 is 20.0 Å². The predicted octanol–water partition coefficient (Wildman–Crippen LogP) is 3.44. The van der Waals surface area contributed by atoms with Crippen LogP contribution < -0.4 is 10.7 Å². The number of nitrogens with zero attached hydrogens (tertiary/aromatic N) is 3. The third kappa shape index (κ3) is 3.71. The molecule has 2 aliphatic heterocycles. The Bertz CT molecular complexity index is 1390. The minimum absolute atomic E-state index is 0.0314. The van der Waals surface area contributed by atoms with E-state index in [1.807, 2.05) is 32.0 Å².